The summed E-state index contributed by atoms with van der Waals surface area (Å²) in [5, 5.41) is 0. The van der Waals surface area contributed by atoms with E-state index in [2.05, 4.69) is 49.8 Å². The van der Waals surface area contributed by atoms with Gasteiger partial charge >= 0.3 is 0 Å². The maximum atomic E-state index is 5.66. The van der Waals surface area contributed by atoms with Crippen LogP contribution in [0, 0.1) is 26.7 Å². The summed E-state index contributed by atoms with van der Waals surface area (Å²) >= 11 is 0. The van der Waals surface area contributed by atoms with E-state index in [9.17, 15) is 0 Å². The highest BCUT2D eigenvalue weighted by Crippen LogP contribution is 2.26. The second-order valence-corrected chi connectivity index (χ2v) is 5.47. The number of rotatable bonds is 4. The van der Waals surface area contributed by atoms with Crippen LogP contribution in [0.2, 0.25) is 0 Å². The third-order valence-corrected chi connectivity index (χ3v) is 3.92. The molecule has 3 N–H and O–H groups in total. The molecular formula is C16H23N3. The zero-order valence-electron chi connectivity index (χ0n) is 12.2. The van der Waals surface area contributed by atoms with Crippen LogP contribution in [0.25, 0.3) is 11.3 Å². The Labute approximate surface area is 115 Å². The first-order valence-corrected chi connectivity index (χ1v) is 6.84. The molecule has 3 nitrogen and oxygen atoms in total. The highest BCUT2D eigenvalue weighted by atomic mass is 14.9. The van der Waals surface area contributed by atoms with Gasteiger partial charge in [0.15, 0.2) is 0 Å². The number of aromatic amines is 1. The van der Waals surface area contributed by atoms with Gasteiger partial charge in [0.25, 0.3) is 0 Å². The number of H-pyrrole nitrogens is 1. The van der Waals surface area contributed by atoms with Gasteiger partial charge in [-0.05, 0) is 49.9 Å². The lowest BCUT2D eigenvalue weighted by Crippen LogP contribution is -2.13. The molecule has 0 fully saturated rings. The molecule has 0 saturated carbocycles. The molecule has 19 heavy (non-hydrogen) atoms. The summed E-state index contributed by atoms with van der Waals surface area (Å²) in [6.45, 7) is 9.32. The third kappa shape index (κ3) is 2.87. The number of nitrogens with one attached hydrogen (secondary N) is 1. The quantitative estimate of drug-likeness (QED) is 0.884. The molecule has 2 rings (SSSR count). The molecule has 2 aromatic rings. The van der Waals surface area contributed by atoms with Crippen molar-refractivity contribution in [2.75, 3.05) is 6.54 Å². The van der Waals surface area contributed by atoms with Gasteiger partial charge in [-0.2, -0.15) is 0 Å². The molecule has 0 bridgehead atoms. The van der Waals surface area contributed by atoms with E-state index in [0.717, 1.165) is 17.9 Å². The molecule has 1 atom stereocenters. The van der Waals surface area contributed by atoms with Gasteiger partial charge in [0, 0.05) is 12.0 Å². The van der Waals surface area contributed by atoms with Gasteiger partial charge in [-0.25, -0.2) is 4.98 Å². The fraction of sp³-hybridized carbons (Fsp3) is 0.438. The van der Waals surface area contributed by atoms with Crippen LogP contribution in [-0.2, 0) is 6.42 Å². The van der Waals surface area contributed by atoms with Crippen LogP contribution >= 0.6 is 0 Å². The summed E-state index contributed by atoms with van der Waals surface area (Å²) in [5.41, 5.74) is 12.0. The average Bonchev–Trinajstić information content (AvgIpc) is 2.84. The second-order valence-electron chi connectivity index (χ2n) is 5.47. The Bertz CT molecular complexity index is 569. The SMILES string of the molecule is Cc1ccc(-c2cnc(CC(C)CN)[nH]2)c(C)c1C. The molecule has 1 unspecified atom stereocenters. The van der Waals surface area contributed by atoms with Crippen molar-refractivity contribution in [3.8, 4) is 11.3 Å². The Kier molecular flexibility index (Phi) is 4.05. The Hall–Kier alpha value is -1.61. The van der Waals surface area contributed by atoms with Crippen molar-refractivity contribution in [1.29, 1.82) is 0 Å². The Morgan fingerprint density at radius 3 is 2.63 bits per heavy atom. The molecule has 102 valence electrons. The molecular weight excluding hydrogens is 234 g/mol. The van der Waals surface area contributed by atoms with Gasteiger partial charge in [-0.1, -0.05) is 19.1 Å². The molecule has 0 amide bonds. The van der Waals surface area contributed by atoms with E-state index in [4.69, 9.17) is 5.73 Å². The Morgan fingerprint density at radius 2 is 1.95 bits per heavy atom. The summed E-state index contributed by atoms with van der Waals surface area (Å²) < 4.78 is 0. The lowest BCUT2D eigenvalue weighted by atomic mass is 9.97. The molecule has 0 aliphatic carbocycles. The predicted octanol–water partition coefficient (Wildman–Crippen LogP) is 3.14. The number of nitrogens with zero attached hydrogens (tertiary/aromatic N) is 1. The van der Waals surface area contributed by atoms with Crippen LogP contribution in [0.3, 0.4) is 0 Å². The molecule has 0 aliphatic rings. The normalized spacial score (nSPS) is 12.7. The van der Waals surface area contributed by atoms with Gasteiger partial charge in [0.2, 0.25) is 0 Å². The highest BCUT2D eigenvalue weighted by molar-refractivity contribution is 5.65. The summed E-state index contributed by atoms with van der Waals surface area (Å²) in [6, 6.07) is 4.34. The number of hydrogen-bond donors (Lipinski definition) is 2. The average molecular weight is 257 g/mol. The minimum Gasteiger partial charge on any atom is -0.342 e. The number of hydrogen-bond acceptors (Lipinski definition) is 2. The van der Waals surface area contributed by atoms with E-state index < -0.39 is 0 Å². The standard InChI is InChI=1S/C16H23N3/c1-10(8-17)7-16-18-9-15(19-16)14-6-5-11(2)12(3)13(14)4/h5-6,9-10H,7-8,17H2,1-4H3,(H,18,19). The maximum Gasteiger partial charge on any atom is 0.106 e. The van der Waals surface area contributed by atoms with Crippen molar-refractivity contribution in [3.05, 3.63) is 40.8 Å². The van der Waals surface area contributed by atoms with E-state index in [1.807, 2.05) is 6.20 Å². The summed E-state index contributed by atoms with van der Waals surface area (Å²) in [4.78, 5) is 7.88. The molecule has 1 aromatic heterocycles. The van der Waals surface area contributed by atoms with Crippen molar-refractivity contribution in [2.45, 2.75) is 34.1 Å². The number of benzene rings is 1. The fourth-order valence-electron chi connectivity index (χ4n) is 2.26. The minimum atomic E-state index is 0.458. The summed E-state index contributed by atoms with van der Waals surface area (Å²) in [6.07, 6.45) is 2.83. The van der Waals surface area contributed by atoms with E-state index in [-0.39, 0.29) is 0 Å². The van der Waals surface area contributed by atoms with Crippen molar-refractivity contribution in [1.82, 2.24) is 9.97 Å². The van der Waals surface area contributed by atoms with Crippen molar-refractivity contribution >= 4 is 0 Å². The zero-order chi connectivity index (χ0) is 14.0. The van der Waals surface area contributed by atoms with Gasteiger partial charge in [-0.15, -0.1) is 0 Å². The minimum absolute atomic E-state index is 0.458. The van der Waals surface area contributed by atoms with E-state index in [1.165, 1.54) is 22.3 Å². The molecule has 0 aliphatic heterocycles. The maximum absolute atomic E-state index is 5.66. The van der Waals surface area contributed by atoms with Crippen LogP contribution in [0.1, 0.15) is 29.4 Å². The zero-order valence-corrected chi connectivity index (χ0v) is 12.2. The Morgan fingerprint density at radius 1 is 1.21 bits per heavy atom. The van der Waals surface area contributed by atoms with E-state index in [0.29, 0.717) is 12.5 Å². The van der Waals surface area contributed by atoms with E-state index in [1.54, 1.807) is 0 Å². The topological polar surface area (TPSA) is 54.7 Å². The van der Waals surface area contributed by atoms with Gasteiger partial charge in [-0.3, -0.25) is 0 Å². The number of aryl methyl sites for hydroxylation is 1. The fourth-order valence-corrected chi connectivity index (χ4v) is 2.26. The molecule has 1 aromatic carbocycles. The van der Waals surface area contributed by atoms with Crippen molar-refractivity contribution in [3.63, 3.8) is 0 Å². The van der Waals surface area contributed by atoms with Crippen LogP contribution in [0.5, 0.6) is 0 Å². The second kappa shape index (κ2) is 5.57. The number of aromatic nitrogens is 2. The molecule has 3 heteroatoms. The van der Waals surface area contributed by atoms with Crippen LogP contribution in [-0.4, -0.2) is 16.5 Å². The van der Waals surface area contributed by atoms with Crippen LogP contribution in [0.4, 0.5) is 0 Å². The lowest BCUT2D eigenvalue weighted by molar-refractivity contribution is 0.577. The number of nitrogens with two attached hydrogens (primary N) is 1. The smallest absolute Gasteiger partial charge is 0.106 e. The van der Waals surface area contributed by atoms with Gasteiger partial charge in [0.1, 0.15) is 5.82 Å². The highest BCUT2D eigenvalue weighted by Gasteiger charge is 2.10. The number of imidazole rings is 1. The molecule has 1 heterocycles. The first-order valence-electron chi connectivity index (χ1n) is 6.84. The van der Waals surface area contributed by atoms with Crippen LogP contribution < -0.4 is 5.73 Å². The molecule has 0 saturated heterocycles. The predicted molar refractivity (Wildman–Crippen MR) is 80.2 cm³/mol. The first kappa shape index (κ1) is 13.8. The third-order valence-electron chi connectivity index (χ3n) is 3.92. The summed E-state index contributed by atoms with van der Waals surface area (Å²) in [7, 11) is 0. The molecule has 0 spiro atoms. The van der Waals surface area contributed by atoms with Gasteiger partial charge in [0.05, 0.1) is 11.9 Å². The molecule has 0 radical (unpaired) electrons. The summed E-state index contributed by atoms with van der Waals surface area (Å²) in [5.74, 6) is 1.48. The van der Waals surface area contributed by atoms with Crippen molar-refractivity contribution in [2.24, 2.45) is 11.7 Å². The van der Waals surface area contributed by atoms with Crippen molar-refractivity contribution < 1.29 is 0 Å². The monoisotopic (exact) mass is 257 g/mol. The Balaban J connectivity index is 2.31. The van der Waals surface area contributed by atoms with E-state index >= 15 is 0 Å². The lowest BCUT2D eigenvalue weighted by Gasteiger charge is -2.09. The van der Waals surface area contributed by atoms with Gasteiger partial charge < -0.3 is 10.7 Å². The first-order chi connectivity index (χ1) is 9.02. The van der Waals surface area contributed by atoms with Crippen LogP contribution in [0.15, 0.2) is 18.3 Å². The largest absolute Gasteiger partial charge is 0.342 e.